The standard InChI is InChI=1S/C25H40O3/c1-5-25(19-7-16-6-17(9-19)10-20(25)8-16)28-23(26)13-24(4,27)22-12-18-11-21(22)15(3)14(18)2/h14-22,27H,5-13H2,1-4H3. The molecule has 6 aliphatic carbocycles. The normalized spacial score (nSPS) is 53.4. The number of rotatable bonds is 5. The van der Waals surface area contributed by atoms with Gasteiger partial charge in [0.25, 0.3) is 0 Å². The van der Waals surface area contributed by atoms with Crippen LogP contribution in [0, 0.1) is 53.3 Å². The minimum atomic E-state index is -0.925. The first kappa shape index (κ1) is 19.4. The van der Waals surface area contributed by atoms with E-state index in [1.807, 2.05) is 6.92 Å². The summed E-state index contributed by atoms with van der Waals surface area (Å²) in [5.41, 5.74) is -1.16. The molecule has 6 unspecified atom stereocenters. The summed E-state index contributed by atoms with van der Waals surface area (Å²) in [5.74, 6) is 5.73. The molecular weight excluding hydrogens is 348 g/mol. The Bertz CT molecular complexity index is 608. The Kier molecular flexibility index (Phi) is 4.48. The molecule has 0 saturated heterocycles. The fourth-order valence-corrected chi connectivity index (χ4v) is 9.13. The summed E-state index contributed by atoms with van der Waals surface area (Å²) in [7, 11) is 0. The number of esters is 1. The second-order valence-electron chi connectivity index (χ2n) is 11.8. The van der Waals surface area contributed by atoms with Gasteiger partial charge < -0.3 is 9.84 Å². The van der Waals surface area contributed by atoms with E-state index in [-0.39, 0.29) is 23.9 Å². The van der Waals surface area contributed by atoms with Crippen molar-refractivity contribution in [2.75, 3.05) is 0 Å². The molecule has 6 fully saturated rings. The number of hydrogen-bond acceptors (Lipinski definition) is 3. The number of carbonyl (C=O) groups excluding carboxylic acids is 1. The van der Waals surface area contributed by atoms with Gasteiger partial charge >= 0.3 is 5.97 Å². The quantitative estimate of drug-likeness (QED) is 0.658. The highest BCUT2D eigenvalue weighted by atomic mass is 16.6. The molecule has 6 atom stereocenters. The van der Waals surface area contributed by atoms with Crippen LogP contribution in [0.3, 0.4) is 0 Å². The van der Waals surface area contributed by atoms with Crippen LogP contribution in [0.5, 0.6) is 0 Å². The lowest BCUT2D eigenvalue weighted by Gasteiger charge is -2.60. The van der Waals surface area contributed by atoms with Crippen LogP contribution in [0.25, 0.3) is 0 Å². The van der Waals surface area contributed by atoms with Crippen LogP contribution in [0.4, 0.5) is 0 Å². The van der Waals surface area contributed by atoms with Gasteiger partial charge in [0.1, 0.15) is 5.60 Å². The topological polar surface area (TPSA) is 46.5 Å². The van der Waals surface area contributed by atoms with Crippen LogP contribution in [0.15, 0.2) is 0 Å². The van der Waals surface area contributed by atoms with Gasteiger partial charge in [0.15, 0.2) is 0 Å². The number of aliphatic hydroxyl groups is 1. The first-order chi connectivity index (χ1) is 13.2. The van der Waals surface area contributed by atoms with E-state index in [2.05, 4.69) is 20.8 Å². The van der Waals surface area contributed by atoms with Crippen LogP contribution < -0.4 is 0 Å². The van der Waals surface area contributed by atoms with Crippen molar-refractivity contribution in [3.63, 3.8) is 0 Å². The molecule has 1 N–H and O–H groups in total. The summed E-state index contributed by atoms with van der Waals surface area (Å²) >= 11 is 0. The predicted octanol–water partition coefficient (Wildman–Crippen LogP) is 5.20. The fourth-order valence-electron chi connectivity index (χ4n) is 9.13. The molecule has 0 aromatic rings. The van der Waals surface area contributed by atoms with Gasteiger partial charge in [0.2, 0.25) is 0 Å². The Morgan fingerprint density at radius 1 is 1.00 bits per heavy atom. The molecule has 0 amide bonds. The van der Waals surface area contributed by atoms with Crippen LogP contribution in [0.2, 0.25) is 0 Å². The molecule has 0 aromatic heterocycles. The third kappa shape index (κ3) is 2.74. The summed E-state index contributed by atoms with van der Waals surface area (Å²) < 4.78 is 6.39. The lowest BCUT2D eigenvalue weighted by Crippen LogP contribution is -2.59. The Morgan fingerprint density at radius 2 is 1.61 bits per heavy atom. The van der Waals surface area contributed by atoms with Gasteiger partial charge in [-0.1, -0.05) is 20.8 Å². The van der Waals surface area contributed by atoms with Gasteiger partial charge in [0.05, 0.1) is 12.0 Å². The summed E-state index contributed by atoms with van der Waals surface area (Å²) in [4.78, 5) is 13.1. The number of fused-ring (bicyclic) bond motifs is 2. The monoisotopic (exact) mass is 388 g/mol. The average Bonchev–Trinajstić information content (AvgIpc) is 3.18. The zero-order chi connectivity index (χ0) is 19.8. The van der Waals surface area contributed by atoms with Crippen molar-refractivity contribution in [3.05, 3.63) is 0 Å². The third-order valence-corrected chi connectivity index (χ3v) is 10.6. The second kappa shape index (κ2) is 6.46. The van der Waals surface area contributed by atoms with E-state index < -0.39 is 5.60 Å². The molecule has 6 rings (SSSR count). The summed E-state index contributed by atoms with van der Waals surface area (Å²) in [6, 6.07) is 0. The van der Waals surface area contributed by atoms with Gasteiger partial charge in [-0.25, -0.2) is 0 Å². The van der Waals surface area contributed by atoms with Crippen LogP contribution >= 0.6 is 0 Å². The van der Waals surface area contributed by atoms with Crippen molar-refractivity contribution in [2.24, 2.45) is 53.3 Å². The molecule has 0 heterocycles. The Morgan fingerprint density at radius 3 is 2.11 bits per heavy atom. The molecule has 3 heteroatoms. The molecule has 0 spiro atoms. The van der Waals surface area contributed by atoms with Gasteiger partial charge in [-0.15, -0.1) is 0 Å². The maximum absolute atomic E-state index is 13.1. The van der Waals surface area contributed by atoms with Gasteiger partial charge in [-0.3, -0.25) is 4.79 Å². The third-order valence-electron chi connectivity index (χ3n) is 10.6. The van der Waals surface area contributed by atoms with Crippen molar-refractivity contribution >= 4 is 5.97 Å². The first-order valence-electron chi connectivity index (χ1n) is 12.2. The van der Waals surface area contributed by atoms with E-state index in [9.17, 15) is 9.90 Å². The van der Waals surface area contributed by atoms with Crippen molar-refractivity contribution in [1.29, 1.82) is 0 Å². The van der Waals surface area contributed by atoms with E-state index >= 15 is 0 Å². The largest absolute Gasteiger partial charge is 0.458 e. The minimum Gasteiger partial charge on any atom is -0.458 e. The van der Waals surface area contributed by atoms with Crippen molar-refractivity contribution in [1.82, 2.24) is 0 Å². The summed E-state index contributed by atoms with van der Waals surface area (Å²) in [5, 5.41) is 11.3. The van der Waals surface area contributed by atoms with Gasteiger partial charge in [0, 0.05) is 0 Å². The molecule has 0 radical (unpaired) electrons. The van der Waals surface area contributed by atoms with Crippen molar-refractivity contribution < 1.29 is 14.6 Å². The molecule has 158 valence electrons. The van der Waals surface area contributed by atoms with E-state index in [0.717, 1.165) is 36.5 Å². The maximum Gasteiger partial charge on any atom is 0.309 e. The zero-order valence-electron chi connectivity index (χ0n) is 18.3. The van der Waals surface area contributed by atoms with Crippen LogP contribution in [-0.4, -0.2) is 22.3 Å². The minimum absolute atomic E-state index is 0.136. The van der Waals surface area contributed by atoms with Crippen molar-refractivity contribution in [2.45, 2.75) is 96.7 Å². The van der Waals surface area contributed by atoms with E-state index in [1.54, 1.807) is 0 Å². The maximum atomic E-state index is 13.1. The molecule has 28 heavy (non-hydrogen) atoms. The Labute approximate surface area is 171 Å². The summed E-state index contributed by atoms with van der Waals surface area (Å²) in [6.45, 7) is 8.83. The van der Waals surface area contributed by atoms with Crippen LogP contribution in [0.1, 0.15) is 85.5 Å². The Balaban J connectivity index is 1.28. The highest BCUT2D eigenvalue weighted by molar-refractivity contribution is 5.71. The lowest BCUT2D eigenvalue weighted by atomic mass is 9.49. The SMILES string of the molecule is CCC1(OC(=O)CC(C)(O)C2CC3CC2C(C)C3C)C2CC3CC(C2)CC1C3. The molecule has 6 aliphatic rings. The average molecular weight is 389 g/mol. The highest BCUT2D eigenvalue weighted by Crippen LogP contribution is 2.61. The fraction of sp³-hybridized carbons (Fsp3) is 0.960. The zero-order valence-corrected chi connectivity index (χ0v) is 18.3. The second-order valence-corrected chi connectivity index (χ2v) is 11.8. The smallest absolute Gasteiger partial charge is 0.309 e. The van der Waals surface area contributed by atoms with Crippen molar-refractivity contribution in [3.8, 4) is 0 Å². The summed E-state index contributed by atoms with van der Waals surface area (Å²) in [6.07, 6.45) is 9.88. The lowest BCUT2D eigenvalue weighted by molar-refractivity contribution is -0.215. The van der Waals surface area contributed by atoms with Gasteiger partial charge in [-0.2, -0.15) is 0 Å². The molecule has 0 aliphatic heterocycles. The molecule has 6 saturated carbocycles. The number of ether oxygens (including phenoxy) is 1. The molecule has 3 nitrogen and oxygen atoms in total. The first-order valence-corrected chi connectivity index (χ1v) is 12.2. The van der Waals surface area contributed by atoms with Gasteiger partial charge in [-0.05, 0) is 112 Å². The molecule has 0 aromatic carbocycles. The Hall–Kier alpha value is -0.570. The predicted molar refractivity (Wildman–Crippen MR) is 109 cm³/mol. The number of hydrogen-bond donors (Lipinski definition) is 1. The van der Waals surface area contributed by atoms with E-state index in [0.29, 0.717) is 23.7 Å². The number of carbonyl (C=O) groups is 1. The van der Waals surface area contributed by atoms with E-state index in [1.165, 1.54) is 38.5 Å². The highest BCUT2D eigenvalue weighted by Gasteiger charge is 2.59. The molecular formula is C25H40O3. The van der Waals surface area contributed by atoms with Crippen LogP contribution in [-0.2, 0) is 9.53 Å². The molecule has 6 bridgehead atoms. The van der Waals surface area contributed by atoms with E-state index in [4.69, 9.17) is 4.74 Å².